The van der Waals surface area contributed by atoms with E-state index >= 15 is 0 Å². The Labute approximate surface area is 150 Å². The number of rotatable bonds is 6. The summed E-state index contributed by atoms with van der Waals surface area (Å²) in [7, 11) is 0. The molecule has 1 N–H and O–H groups in total. The first-order valence-electron chi connectivity index (χ1n) is 9.22. The van der Waals surface area contributed by atoms with Gasteiger partial charge in [-0.15, -0.1) is 0 Å². The van der Waals surface area contributed by atoms with E-state index in [0.29, 0.717) is 5.92 Å². The molecule has 0 saturated carbocycles. The Morgan fingerprint density at radius 3 is 2.08 bits per heavy atom. The monoisotopic (exact) mass is 337 g/mol. The molecule has 1 aliphatic heterocycles. The predicted molar refractivity (Wildman–Crippen MR) is 101 cm³/mol. The third kappa shape index (κ3) is 4.04. The second-order valence-corrected chi connectivity index (χ2v) is 7.35. The lowest BCUT2D eigenvalue weighted by atomic mass is 9.87. The first-order chi connectivity index (χ1) is 12.1. The zero-order chi connectivity index (χ0) is 17.8. The van der Waals surface area contributed by atoms with E-state index in [1.54, 1.807) is 0 Å². The van der Waals surface area contributed by atoms with Crippen molar-refractivity contribution in [3.05, 3.63) is 59.7 Å². The molecule has 1 heterocycles. The number of hydrogen-bond acceptors (Lipinski definition) is 2. The highest BCUT2D eigenvalue weighted by Gasteiger charge is 2.32. The molecule has 1 aliphatic rings. The van der Waals surface area contributed by atoms with Gasteiger partial charge in [-0.05, 0) is 31.4 Å². The van der Waals surface area contributed by atoms with Gasteiger partial charge in [-0.25, -0.2) is 0 Å². The molecule has 3 nitrogen and oxygen atoms in total. The number of amides is 1. The van der Waals surface area contributed by atoms with Gasteiger partial charge in [-0.3, -0.25) is 4.79 Å². The van der Waals surface area contributed by atoms with Gasteiger partial charge in [0.05, 0.1) is 5.92 Å². The van der Waals surface area contributed by atoms with E-state index in [9.17, 15) is 4.79 Å². The van der Waals surface area contributed by atoms with Crippen LogP contribution in [0.3, 0.4) is 0 Å². The molecular formula is C22H27NO2. The minimum absolute atomic E-state index is 0.0558. The number of hydrogen-bond donors (Lipinski definition) is 1. The van der Waals surface area contributed by atoms with Crippen LogP contribution in [0.15, 0.2) is 48.5 Å². The van der Waals surface area contributed by atoms with Crippen LogP contribution in [-0.4, -0.2) is 11.9 Å². The summed E-state index contributed by atoms with van der Waals surface area (Å²) in [5, 5.41) is 3.21. The van der Waals surface area contributed by atoms with Crippen LogP contribution in [0.2, 0.25) is 0 Å². The zero-order valence-electron chi connectivity index (χ0n) is 15.3. The summed E-state index contributed by atoms with van der Waals surface area (Å²) < 4.78 is 5.97. The van der Waals surface area contributed by atoms with Crippen molar-refractivity contribution >= 4 is 5.91 Å². The van der Waals surface area contributed by atoms with E-state index in [2.05, 4.69) is 26.1 Å². The summed E-state index contributed by atoms with van der Waals surface area (Å²) in [6.07, 6.45) is 3.35. The molecule has 0 radical (unpaired) electrons. The first-order valence-corrected chi connectivity index (χ1v) is 9.22. The SMILES string of the molecule is CC(C)CCC[C@@H](C)NC(=O)C1c2ccccc2Oc2ccccc21. The first kappa shape index (κ1) is 17.5. The van der Waals surface area contributed by atoms with Crippen molar-refractivity contribution < 1.29 is 9.53 Å². The molecule has 0 aromatic heterocycles. The number of nitrogens with one attached hydrogen (secondary N) is 1. The second-order valence-electron chi connectivity index (χ2n) is 7.35. The number of ether oxygens (including phenoxy) is 1. The maximum absolute atomic E-state index is 13.1. The van der Waals surface area contributed by atoms with Gasteiger partial charge in [0.1, 0.15) is 11.5 Å². The number of fused-ring (bicyclic) bond motifs is 2. The number of carbonyl (C=O) groups excluding carboxylic acids is 1. The third-order valence-corrected chi connectivity index (χ3v) is 4.75. The lowest BCUT2D eigenvalue weighted by Crippen LogP contribution is -2.37. The molecule has 2 aromatic carbocycles. The summed E-state index contributed by atoms with van der Waals surface area (Å²) in [5.74, 6) is 1.99. The Hall–Kier alpha value is -2.29. The van der Waals surface area contributed by atoms with E-state index in [1.807, 2.05) is 48.5 Å². The molecule has 0 saturated heterocycles. The van der Waals surface area contributed by atoms with Gasteiger partial charge in [-0.1, -0.05) is 63.1 Å². The fourth-order valence-corrected chi connectivity index (χ4v) is 3.42. The van der Waals surface area contributed by atoms with Gasteiger partial charge in [0.25, 0.3) is 0 Å². The molecule has 0 unspecified atom stereocenters. The van der Waals surface area contributed by atoms with E-state index in [1.165, 1.54) is 6.42 Å². The van der Waals surface area contributed by atoms with Crippen LogP contribution in [0.5, 0.6) is 11.5 Å². The van der Waals surface area contributed by atoms with Crippen LogP contribution < -0.4 is 10.1 Å². The highest BCUT2D eigenvalue weighted by atomic mass is 16.5. The van der Waals surface area contributed by atoms with Crippen LogP contribution in [-0.2, 0) is 4.79 Å². The Morgan fingerprint density at radius 1 is 0.960 bits per heavy atom. The Bertz CT molecular complexity index is 693. The van der Waals surface area contributed by atoms with Gasteiger partial charge >= 0.3 is 0 Å². The minimum atomic E-state index is -0.311. The third-order valence-electron chi connectivity index (χ3n) is 4.75. The van der Waals surface area contributed by atoms with Crippen molar-refractivity contribution in [1.29, 1.82) is 0 Å². The summed E-state index contributed by atoms with van der Waals surface area (Å²) in [5.41, 5.74) is 1.88. The van der Waals surface area contributed by atoms with Crippen molar-refractivity contribution in [1.82, 2.24) is 5.32 Å². The zero-order valence-corrected chi connectivity index (χ0v) is 15.3. The molecule has 0 bridgehead atoms. The van der Waals surface area contributed by atoms with Gasteiger partial charge in [-0.2, -0.15) is 0 Å². The molecule has 1 amide bonds. The average Bonchev–Trinajstić information content (AvgIpc) is 2.59. The summed E-state index contributed by atoms with van der Waals surface area (Å²) >= 11 is 0. The second kappa shape index (κ2) is 7.73. The van der Waals surface area contributed by atoms with E-state index < -0.39 is 0 Å². The molecule has 25 heavy (non-hydrogen) atoms. The standard InChI is InChI=1S/C22H27NO2/c1-15(2)9-8-10-16(3)23-22(24)21-17-11-4-6-13-19(17)25-20-14-7-5-12-18(20)21/h4-7,11-16,21H,8-10H2,1-3H3,(H,23,24)/t16-/m1/s1. The molecule has 3 rings (SSSR count). The summed E-state index contributed by atoms with van der Waals surface area (Å²) in [4.78, 5) is 13.1. The van der Waals surface area contributed by atoms with Gasteiger partial charge < -0.3 is 10.1 Å². The van der Waals surface area contributed by atoms with Crippen LogP contribution in [0.25, 0.3) is 0 Å². The fraction of sp³-hybridized carbons (Fsp3) is 0.409. The molecule has 0 fully saturated rings. The normalized spacial score (nSPS) is 14.4. The van der Waals surface area contributed by atoms with Crippen molar-refractivity contribution in [3.63, 3.8) is 0 Å². The number of carbonyl (C=O) groups is 1. The fourth-order valence-electron chi connectivity index (χ4n) is 3.42. The lowest BCUT2D eigenvalue weighted by molar-refractivity contribution is -0.122. The topological polar surface area (TPSA) is 38.3 Å². The Kier molecular flexibility index (Phi) is 5.42. The maximum atomic E-state index is 13.1. The molecule has 0 spiro atoms. The van der Waals surface area contributed by atoms with Gasteiger partial charge in [0.15, 0.2) is 0 Å². The largest absolute Gasteiger partial charge is 0.457 e. The van der Waals surface area contributed by atoms with Crippen LogP contribution in [0.1, 0.15) is 57.1 Å². The van der Waals surface area contributed by atoms with Crippen molar-refractivity contribution in [2.45, 2.75) is 52.0 Å². The number of benzene rings is 2. The van der Waals surface area contributed by atoms with Crippen LogP contribution >= 0.6 is 0 Å². The number of para-hydroxylation sites is 2. The van der Waals surface area contributed by atoms with E-state index in [0.717, 1.165) is 35.5 Å². The van der Waals surface area contributed by atoms with Crippen molar-refractivity contribution in [2.75, 3.05) is 0 Å². The van der Waals surface area contributed by atoms with Gasteiger partial charge in [0, 0.05) is 17.2 Å². The quantitative estimate of drug-likeness (QED) is 0.781. The summed E-state index contributed by atoms with van der Waals surface area (Å²) in [6.45, 7) is 6.56. The van der Waals surface area contributed by atoms with E-state index in [-0.39, 0.29) is 17.9 Å². The lowest BCUT2D eigenvalue weighted by Gasteiger charge is -2.28. The Morgan fingerprint density at radius 2 is 1.52 bits per heavy atom. The van der Waals surface area contributed by atoms with E-state index in [4.69, 9.17) is 4.74 Å². The Balaban J connectivity index is 1.78. The van der Waals surface area contributed by atoms with Crippen LogP contribution in [0, 0.1) is 5.92 Å². The molecule has 132 valence electrons. The molecule has 3 heteroatoms. The summed E-state index contributed by atoms with van der Waals surface area (Å²) in [6, 6.07) is 15.8. The van der Waals surface area contributed by atoms with Crippen molar-refractivity contribution in [3.8, 4) is 11.5 Å². The highest BCUT2D eigenvalue weighted by Crippen LogP contribution is 2.43. The average molecular weight is 337 g/mol. The highest BCUT2D eigenvalue weighted by molar-refractivity contribution is 5.89. The minimum Gasteiger partial charge on any atom is -0.457 e. The molecule has 0 aliphatic carbocycles. The van der Waals surface area contributed by atoms with Gasteiger partial charge in [0.2, 0.25) is 5.91 Å². The molecule has 1 atom stereocenters. The smallest absolute Gasteiger partial charge is 0.232 e. The van der Waals surface area contributed by atoms with Crippen LogP contribution in [0.4, 0.5) is 0 Å². The predicted octanol–water partition coefficient (Wildman–Crippen LogP) is 5.26. The maximum Gasteiger partial charge on any atom is 0.232 e. The van der Waals surface area contributed by atoms with Crippen molar-refractivity contribution in [2.24, 2.45) is 5.92 Å². The molecule has 2 aromatic rings. The molecular weight excluding hydrogens is 310 g/mol.